The van der Waals surface area contributed by atoms with Crippen LogP contribution in [-0.4, -0.2) is 37.7 Å². The first-order valence-corrected chi connectivity index (χ1v) is 7.42. The zero-order chi connectivity index (χ0) is 18.3. The Morgan fingerprint density at radius 2 is 1.88 bits per heavy atom. The molecule has 1 aromatic rings. The molecule has 0 aromatic heterocycles. The summed E-state index contributed by atoms with van der Waals surface area (Å²) in [6.07, 6.45) is -1.15. The molecule has 0 fully saturated rings. The second-order valence-electron chi connectivity index (χ2n) is 5.22. The Balaban J connectivity index is 2.97. The third-order valence-corrected chi connectivity index (χ3v) is 3.04. The summed E-state index contributed by atoms with van der Waals surface area (Å²) < 4.78 is 15.8. The van der Waals surface area contributed by atoms with Crippen LogP contribution in [0.15, 0.2) is 18.2 Å². The zero-order valence-electron chi connectivity index (χ0n) is 14.1. The van der Waals surface area contributed by atoms with E-state index in [0.717, 1.165) is 0 Å². The van der Waals surface area contributed by atoms with Crippen LogP contribution in [0.25, 0.3) is 0 Å². The second kappa shape index (κ2) is 8.76. The van der Waals surface area contributed by atoms with Crippen LogP contribution in [0.3, 0.4) is 0 Å². The highest BCUT2D eigenvalue weighted by molar-refractivity contribution is 5.98. The monoisotopic (exact) mass is 338 g/mol. The van der Waals surface area contributed by atoms with Gasteiger partial charge in [0.25, 0.3) is 5.91 Å². The Kier molecular flexibility index (Phi) is 7.03. The van der Waals surface area contributed by atoms with Crippen molar-refractivity contribution in [1.82, 2.24) is 5.32 Å². The van der Waals surface area contributed by atoms with Gasteiger partial charge >= 0.3 is 12.0 Å². The lowest BCUT2D eigenvalue weighted by molar-refractivity contribution is -0.130. The van der Waals surface area contributed by atoms with Gasteiger partial charge in [-0.2, -0.15) is 0 Å². The number of hydrogen-bond donors (Lipinski definition) is 2. The summed E-state index contributed by atoms with van der Waals surface area (Å²) >= 11 is 0. The van der Waals surface area contributed by atoms with Gasteiger partial charge in [0.1, 0.15) is 0 Å². The van der Waals surface area contributed by atoms with Gasteiger partial charge in [0.2, 0.25) is 0 Å². The van der Waals surface area contributed by atoms with Crippen LogP contribution in [-0.2, 0) is 9.53 Å². The van der Waals surface area contributed by atoms with E-state index in [-0.39, 0.29) is 11.5 Å². The lowest BCUT2D eigenvalue weighted by Gasteiger charge is -2.20. The molecule has 0 saturated carbocycles. The molecule has 0 spiro atoms. The first-order valence-electron chi connectivity index (χ1n) is 7.42. The average Bonchev–Trinajstić information content (AvgIpc) is 2.51. The van der Waals surface area contributed by atoms with Gasteiger partial charge in [-0.05, 0) is 31.0 Å². The van der Waals surface area contributed by atoms with Gasteiger partial charge in [0, 0.05) is 0 Å². The first kappa shape index (κ1) is 19.3. The molecule has 8 nitrogen and oxygen atoms in total. The van der Waals surface area contributed by atoms with Crippen molar-refractivity contribution in [3.05, 3.63) is 23.8 Å². The minimum absolute atomic E-state index is 0.191. The van der Waals surface area contributed by atoms with Crippen molar-refractivity contribution < 1.29 is 28.6 Å². The Bertz CT molecular complexity index is 615. The molecule has 0 aliphatic carbocycles. The van der Waals surface area contributed by atoms with Crippen molar-refractivity contribution in [1.29, 1.82) is 0 Å². The quantitative estimate of drug-likeness (QED) is 0.727. The topological polar surface area (TPSA) is 117 Å². The number of imide groups is 1. The van der Waals surface area contributed by atoms with E-state index in [1.54, 1.807) is 26.8 Å². The van der Waals surface area contributed by atoms with Crippen molar-refractivity contribution in [3.63, 3.8) is 0 Å². The van der Waals surface area contributed by atoms with Crippen molar-refractivity contribution in [2.45, 2.75) is 26.9 Å². The lowest BCUT2D eigenvalue weighted by Crippen LogP contribution is -2.45. The number of urea groups is 1. The molecule has 24 heavy (non-hydrogen) atoms. The van der Waals surface area contributed by atoms with Gasteiger partial charge in [-0.3, -0.25) is 10.1 Å². The molecule has 0 radical (unpaired) electrons. The maximum absolute atomic E-state index is 12.3. The summed E-state index contributed by atoms with van der Waals surface area (Å²) in [6.45, 7) is 5.55. The number of ether oxygens (including phenoxy) is 3. The van der Waals surface area contributed by atoms with Crippen LogP contribution in [0, 0.1) is 5.92 Å². The number of benzene rings is 1. The predicted molar refractivity (Wildman–Crippen MR) is 85.9 cm³/mol. The summed E-state index contributed by atoms with van der Waals surface area (Å²) in [5.41, 5.74) is 5.11. The number of nitrogens with one attached hydrogen (secondary N) is 1. The third kappa shape index (κ3) is 5.15. The molecule has 8 heteroatoms. The van der Waals surface area contributed by atoms with E-state index in [0.29, 0.717) is 18.1 Å². The van der Waals surface area contributed by atoms with E-state index in [2.05, 4.69) is 0 Å². The lowest BCUT2D eigenvalue weighted by atomic mass is 10.1. The van der Waals surface area contributed by atoms with E-state index in [1.807, 2.05) is 5.32 Å². The minimum Gasteiger partial charge on any atom is -0.493 e. The Morgan fingerprint density at radius 3 is 2.38 bits per heavy atom. The normalized spacial score (nSPS) is 11.5. The first-order chi connectivity index (χ1) is 11.3. The molecule has 3 amide bonds. The van der Waals surface area contributed by atoms with Crippen molar-refractivity contribution in [2.24, 2.45) is 11.7 Å². The number of rotatable bonds is 7. The number of hydrogen-bond acceptors (Lipinski definition) is 6. The standard InChI is InChI=1S/C16H22N2O6/c1-5-23-12-8-10(6-7-11(12)22-4)15(20)24-13(9(2)3)14(19)18-16(17)21/h6-9,13H,5H2,1-4H3,(H3,17,18,19,21). The van der Waals surface area contributed by atoms with Crippen LogP contribution in [0.5, 0.6) is 11.5 Å². The van der Waals surface area contributed by atoms with Crippen LogP contribution in [0.2, 0.25) is 0 Å². The summed E-state index contributed by atoms with van der Waals surface area (Å²) in [5.74, 6) is -0.989. The van der Waals surface area contributed by atoms with Crippen LogP contribution in [0.4, 0.5) is 4.79 Å². The molecule has 132 valence electrons. The highest BCUT2D eigenvalue weighted by Gasteiger charge is 2.28. The summed E-state index contributed by atoms with van der Waals surface area (Å²) in [6, 6.07) is 3.51. The summed E-state index contributed by atoms with van der Waals surface area (Å²) in [5, 5.41) is 1.91. The number of amides is 3. The van der Waals surface area contributed by atoms with Gasteiger partial charge in [-0.15, -0.1) is 0 Å². The van der Waals surface area contributed by atoms with Gasteiger partial charge in [-0.25, -0.2) is 9.59 Å². The molecule has 1 unspecified atom stereocenters. The number of methoxy groups -OCH3 is 1. The second-order valence-corrected chi connectivity index (χ2v) is 5.22. The molecule has 0 saturated heterocycles. The Morgan fingerprint density at radius 1 is 1.21 bits per heavy atom. The Labute approximate surface area is 140 Å². The molecule has 1 rings (SSSR count). The van der Waals surface area contributed by atoms with Gasteiger partial charge in [-0.1, -0.05) is 13.8 Å². The molecule has 1 atom stereocenters. The van der Waals surface area contributed by atoms with E-state index in [9.17, 15) is 14.4 Å². The van der Waals surface area contributed by atoms with E-state index in [1.165, 1.54) is 19.2 Å². The zero-order valence-corrected chi connectivity index (χ0v) is 14.1. The number of carbonyl (C=O) groups excluding carboxylic acids is 3. The number of esters is 1. The molecule has 0 heterocycles. The third-order valence-electron chi connectivity index (χ3n) is 3.04. The maximum Gasteiger partial charge on any atom is 0.339 e. The van der Waals surface area contributed by atoms with Crippen LogP contribution in [0.1, 0.15) is 31.1 Å². The molecule has 0 bridgehead atoms. The van der Waals surface area contributed by atoms with Gasteiger partial charge < -0.3 is 19.9 Å². The largest absolute Gasteiger partial charge is 0.493 e. The van der Waals surface area contributed by atoms with E-state index < -0.39 is 24.0 Å². The maximum atomic E-state index is 12.3. The van der Waals surface area contributed by atoms with E-state index >= 15 is 0 Å². The highest BCUT2D eigenvalue weighted by atomic mass is 16.5. The van der Waals surface area contributed by atoms with Gasteiger partial charge in [0.05, 0.1) is 19.3 Å². The fraction of sp³-hybridized carbons (Fsp3) is 0.438. The molecule has 1 aromatic carbocycles. The average molecular weight is 338 g/mol. The van der Waals surface area contributed by atoms with E-state index in [4.69, 9.17) is 19.9 Å². The van der Waals surface area contributed by atoms with Crippen LogP contribution < -0.4 is 20.5 Å². The predicted octanol–water partition coefficient (Wildman–Crippen LogP) is 1.47. The molecular weight excluding hydrogens is 316 g/mol. The van der Waals surface area contributed by atoms with Crippen molar-refractivity contribution in [3.8, 4) is 11.5 Å². The molecule has 0 aliphatic heterocycles. The molecule has 3 N–H and O–H groups in total. The Hall–Kier alpha value is -2.77. The molecular formula is C16H22N2O6. The summed E-state index contributed by atoms with van der Waals surface area (Å²) in [7, 11) is 1.48. The number of primary amides is 1. The fourth-order valence-corrected chi connectivity index (χ4v) is 1.94. The summed E-state index contributed by atoms with van der Waals surface area (Å²) in [4.78, 5) is 35.0. The van der Waals surface area contributed by atoms with Crippen molar-refractivity contribution >= 4 is 17.9 Å². The van der Waals surface area contributed by atoms with Crippen LogP contribution >= 0.6 is 0 Å². The minimum atomic E-state index is -1.15. The SMILES string of the molecule is CCOc1cc(C(=O)OC(C(=O)NC(N)=O)C(C)C)ccc1OC. The number of nitrogens with two attached hydrogens (primary N) is 1. The molecule has 0 aliphatic rings. The van der Waals surface area contributed by atoms with Gasteiger partial charge in [0.15, 0.2) is 17.6 Å². The van der Waals surface area contributed by atoms with Crippen molar-refractivity contribution in [2.75, 3.05) is 13.7 Å². The number of carbonyl (C=O) groups is 3. The fourth-order valence-electron chi connectivity index (χ4n) is 1.94. The highest BCUT2D eigenvalue weighted by Crippen LogP contribution is 2.28. The smallest absolute Gasteiger partial charge is 0.339 e.